The molecule has 290 valence electrons. The normalized spacial score (nSPS) is 15.9. The third kappa shape index (κ3) is 10.9. The van der Waals surface area contributed by atoms with Gasteiger partial charge in [0, 0.05) is 70.7 Å². The number of rotatable bonds is 14. The van der Waals surface area contributed by atoms with E-state index < -0.39 is 20.9 Å². The summed E-state index contributed by atoms with van der Waals surface area (Å²) in [5, 5.41) is 15.5. The molecule has 11 nitrogen and oxygen atoms in total. The maximum Gasteiger partial charge on any atom is 0.293 e. The quantitative estimate of drug-likeness (QED) is 0.0748. The predicted octanol–water partition coefficient (Wildman–Crippen LogP) is 7.48. The maximum absolute atomic E-state index is 13.4. The molecule has 2 N–H and O–H groups in total. The van der Waals surface area contributed by atoms with Crippen LogP contribution in [0.1, 0.15) is 34.3 Å². The monoisotopic (exact) mass is 878 g/mol. The lowest BCUT2D eigenvalue weighted by Gasteiger charge is -2.46. The van der Waals surface area contributed by atoms with Crippen molar-refractivity contribution in [2.45, 2.75) is 47.7 Å². The highest BCUT2D eigenvalue weighted by Gasteiger charge is 2.33. The Labute approximate surface area is 342 Å². The van der Waals surface area contributed by atoms with E-state index in [4.69, 9.17) is 0 Å². The molecule has 0 bridgehead atoms. The first-order valence-corrected chi connectivity index (χ1v) is 20.5. The number of hydrogen-bond donors (Lipinski definition) is 2. The standard InChI is InChI=1S/C38H43BrN6O5S2.2ClH/c1-42(2)19-18-30(26-51-32-9-4-3-5-10-32)40-35-16-15-33(23-37(35)45(47)48)52(49,50)41-38(46)28-13-17-36-27(22-28)12-14-31-25-43(20-21-44(31)36)24-29-8-6-7-11-34(29)39;;/h3-11,13,15-17,22-23,30-31,40H,12,14,18-21,24-26H2,1-2H3,(H,41,46);2*1H/t30-,31-;;/m1../s1. The number of fused-ring (bicyclic) bond motifs is 3. The number of amides is 1. The van der Waals surface area contributed by atoms with Crippen molar-refractivity contribution in [1.29, 1.82) is 0 Å². The molecule has 0 aliphatic carbocycles. The number of carbonyl (C=O) groups is 1. The van der Waals surface area contributed by atoms with E-state index in [1.165, 1.54) is 17.7 Å². The van der Waals surface area contributed by atoms with Gasteiger partial charge in [0.05, 0.1) is 9.82 Å². The lowest BCUT2D eigenvalue weighted by molar-refractivity contribution is -0.384. The number of nitro benzene ring substituents is 1. The van der Waals surface area contributed by atoms with Crippen LogP contribution in [0.15, 0.2) is 105 Å². The van der Waals surface area contributed by atoms with Crippen molar-refractivity contribution < 1.29 is 18.1 Å². The summed E-state index contributed by atoms with van der Waals surface area (Å²) >= 11 is 5.30. The summed E-state index contributed by atoms with van der Waals surface area (Å²) in [7, 11) is -0.486. The molecule has 0 spiro atoms. The highest BCUT2D eigenvalue weighted by molar-refractivity contribution is 9.10. The first-order chi connectivity index (χ1) is 25.0. The first kappa shape index (κ1) is 43.4. The number of piperazine rings is 1. The molecule has 6 rings (SSSR count). The molecule has 54 heavy (non-hydrogen) atoms. The summed E-state index contributed by atoms with van der Waals surface area (Å²) in [5.74, 6) is -0.135. The number of benzene rings is 4. The Morgan fingerprint density at radius 2 is 1.76 bits per heavy atom. The second-order valence-electron chi connectivity index (χ2n) is 13.5. The molecule has 2 atom stereocenters. The smallest absolute Gasteiger partial charge is 0.293 e. The molecule has 16 heteroatoms. The van der Waals surface area contributed by atoms with Crippen LogP contribution in [0.25, 0.3) is 0 Å². The van der Waals surface area contributed by atoms with Crippen LogP contribution in [0.3, 0.4) is 0 Å². The minimum absolute atomic E-state index is 0. The van der Waals surface area contributed by atoms with Gasteiger partial charge in [-0.25, -0.2) is 13.1 Å². The maximum atomic E-state index is 13.4. The van der Waals surface area contributed by atoms with Gasteiger partial charge in [-0.3, -0.25) is 19.8 Å². The number of hydrogen-bond acceptors (Lipinski definition) is 10. The summed E-state index contributed by atoms with van der Waals surface area (Å²) in [5.41, 5.74) is 3.39. The van der Waals surface area contributed by atoms with E-state index in [9.17, 15) is 23.3 Å². The van der Waals surface area contributed by atoms with Crippen molar-refractivity contribution in [2.24, 2.45) is 0 Å². The zero-order valence-corrected chi connectivity index (χ0v) is 34.9. The number of anilines is 2. The third-order valence-electron chi connectivity index (χ3n) is 9.50. The number of carbonyl (C=O) groups excluding carboxylic acids is 1. The van der Waals surface area contributed by atoms with Crippen LogP contribution < -0.4 is 14.9 Å². The molecular formula is C38H45BrCl2N6O5S2. The largest absolute Gasteiger partial charge is 0.376 e. The molecule has 2 heterocycles. The SMILES string of the molecule is CN(C)CC[C@H](CSc1ccccc1)Nc1ccc(S(=O)(=O)NC(=O)c2ccc3c(c2)CC[C@@H]2CN(Cc4ccccc4Br)CCN32)cc1[N+](=O)[O-].Cl.Cl. The number of aryl methyl sites for hydroxylation is 1. The van der Waals surface area contributed by atoms with Gasteiger partial charge in [-0.05, 0) is 99.6 Å². The highest BCUT2D eigenvalue weighted by atomic mass is 79.9. The second kappa shape index (κ2) is 19.5. The summed E-state index contributed by atoms with van der Waals surface area (Å²) < 4.78 is 30.1. The number of halogens is 3. The lowest BCUT2D eigenvalue weighted by atomic mass is 9.92. The molecule has 2 aliphatic heterocycles. The topological polar surface area (TPSA) is 128 Å². The summed E-state index contributed by atoms with van der Waals surface area (Å²) in [4.78, 5) is 32.5. The Kier molecular flexibility index (Phi) is 15.6. The lowest BCUT2D eigenvalue weighted by Crippen LogP contribution is -2.54. The number of thioether (sulfide) groups is 1. The first-order valence-electron chi connectivity index (χ1n) is 17.3. The van der Waals surface area contributed by atoms with Crippen molar-refractivity contribution in [3.63, 3.8) is 0 Å². The van der Waals surface area contributed by atoms with Gasteiger partial charge in [-0.15, -0.1) is 36.6 Å². The number of nitrogens with zero attached hydrogens (tertiary/aromatic N) is 4. The summed E-state index contributed by atoms with van der Waals surface area (Å²) in [6, 6.07) is 27.4. The number of nitrogens with one attached hydrogen (secondary N) is 2. The molecular weight excluding hydrogens is 835 g/mol. The fraction of sp³-hybridized carbons (Fsp3) is 0.342. The Hall–Kier alpha value is -3.37. The van der Waals surface area contributed by atoms with Gasteiger partial charge in [-0.1, -0.05) is 52.3 Å². The average molecular weight is 881 g/mol. The van der Waals surface area contributed by atoms with E-state index in [0.29, 0.717) is 18.2 Å². The van der Waals surface area contributed by atoms with E-state index >= 15 is 0 Å². The molecule has 0 radical (unpaired) electrons. The van der Waals surface area contributed by atoms with E-state index in [1.54, 1.807) is 23.9 Å². The summed E-state index contributed by atoms with van der Waals surface area (Å²) in [6.07, 6.45) is 2.41. The minimum atomic E-state index is -4.41. The van der Waals surface area contributed by atoms with Gasteiger partial charge in [0.1, 0.15) is 5.69 Å². The zero-order chi connectivity index (χ0) is 36.8. The van der Waals surface area contributed by atoms with Crippen molar-refractivity contribution in [2.75, 3.05) is 56.2 Å². The zero-order valence-electron chi connectivity index (χ0n) is 30.0. The highest BCUT2D eigenvalue weighted by Crippen LogP contribution is 2.35. The number of nitro groups is 1. The van der Waals surface area contributed by atoms with Crippen LogP contribution in [0.4, 0.5) is 17.1 Å². The van der Waals surface area contributed by atoms with E-state index in [0.717, 1.165) is 72.3 Å². The Bertz CT molecular complexity index is 2030. The molecule has 0 saturated carbocycles. The molecule has 2 aliphatic rings. The van der Waals surface area contributed by atoms with Gasteiger partial charge < -0.3 is 15.1 Å². The molecule has 4 aromatic carbocycles. The van der Waals surface area contributed by atoms with Crippen molar-refractivity contribution in [1.82, 2.24) is 14.5 Å². The van der Waals surface area contributed by atoms with Crippen LogP contribution in [-0.4, -0.2) is 87.2 Å². The molecule has 0 unspecified atom stereocenters. The molecule has 0 aromatic heterocycles. The number of sulfonamides is 1. The van der Waals surface area contributed by atoms with E-state index in [2.05, 4.69) is 54.0 Å². The second-order valence-corrected chi connectivity index (χ2v) is 17.1. The van der Waals surface area contributed by atoms with Crippen molar-refractivity contribution in [3.8, 4) is 0 Å². The molecule has 4 aromatic rings. The van der Waals surface area contributed by atoms with Crippen LogP contribution in [0.5, 0.6) is 0 Å². The van der Waals surface area contributed by atoms with E-state index in [-0.39, 0.29) is 52.7 Å². The van der Waals surface area contributed by atoms with Gasteiger partial charge >= 0.3 is 0 Å². The molecule has 1 fully saturated rings. The van der Waals surface area contributed by atoms with Gasteiger partial charge in [0.15, 0.2) is 0 Å². The predicted molar refractivity (Wildman–Crippen MR) is 225 cm³/mol. The van der Waals surface area contributed by atoms with Crippen molar-refractivity contribution >= 4 is 85.5 Å². The Morgan fingerprint density at radius 3 is 2.48 bits per heavy atom. The van der Waals surface area contributed by atoms with E-state index in [1.807, 2.05) is 61.5 Å². The third-order valence-corrected chi connectivity index (χ3v) is 12.8. The van der Waals surface area contributed by atoms with Gasteiger partial charge in [0.2, 0.25) is 0 Å². The fourth-order valence-electron chi connectivity index (χ4n) is 6.76. The van der Waals surface area contributed by atoms with Gasteiger partial charge in [-0.2, -0.15) is 0 Å². The van der Waals surface area contributed by atoms with Gasteiger partial charge in [0.25, 0.3) is 21.6 Å². The van der Waals surface area contributed by atoms with Crippen LogP contribution >= 0.6 is 52.5 Å². The average Bonchev–Trinajstić information content (AvgIpc) is 3.13. The minimum Gasteiger partial charge on any atom is -0.376 e. The van der Waals surface area contributed by atoms with Crippen molar-refractivity contribution in [3.05, 3.63) is 122 Å². The Balaban J connectivity index is 0.00000325. The summed E-state index contributed by atoms with van der Waals surface area (Å²) in [6.45, 7) is 4.33. The van der Waals surface area contributed by atoms with Crippen LogP contribution in [0, 0.1) is 10.1 Å². The van der Waals surface area contributed by atoms with Crippen LogP contribution in [-0.2, 0) is 23.0 Å². The molecule has 1 saturated heterocycles. The fourth-order valence-corrected chi connectivity index (χ4v) is 9.16. The Morgan fingerprint density at radius 1 is 1.02 bits per heavy atom. The van der Waals surface area contributed by atoms with Crippen LogP contribution in [0.2, 0.25) is 0 Å². The molecule has 1 amide bonds.